The Bertz CT molecular complexity index is 574. The molecule has 2 heterocycles. The average molecular weight is 445 g/mol. The van der Waals surface area contributed by atoms with E-state index in [4.69, 9.17) is 11.5 Å². The lowest BCUT2D eigenvalue weighted by molar-refractivity contribution is 0.149. The highest BCUT2D eigenvalue weighted by Crippen LogP contribution is 2.42. The minimum atomic E-state index is 0.448. The molecule has 32 heavy (non-hydrogen) atoms. The third-order valence-electron chi connectivity index (χ3n) is 10.6. The van der Waals surface area contributed by atoms with Crippen molar-refractivity contribution in [3.63, 3.8) is 0 Å². The van der Waals surface area contributed by atoms with Crippen molar-refractivity contribution >= 4 is 0 Å². The van der Waals surface area contributed by atoms with E-state index < -0.39 is 0 Å². The molecule has 0 amide bonds. The lowest BCUT2D eigenvalue weighted by Crippen LogP contribution is -2.45. The first-order valence-electron chi connectivity index (χ1n) is 14.2. The first kappa shape index (κ1) is 22.2. The van der Waals surface area contributed by atoms with E-state index >= 15 is 0 Å². The van der Waals surface area contributed by atoms with Gasteiger partial charge in [0.15, 0.2) is 0 Å². The van der Waals surface area contributed by atoms with Crippen LogP contribution in [0, 0.1) is 23.7 Å². The number of nitrogens with two attached hydrogens (primary N) is 2. The maximum absolute atomic E-state index is 6.15. The Morgan fingerprint density at radius 1 is 0.375 bits per heavy atom. The van der Waals surface area contributed by atoms with Crippen molar-refractivity contribution in [2.75, 3.05) is 0 Å². The predicted octanol–water partition coefficient (Wildman–Crippen LogP) is 2.13. The second-order valence-electron chi connectivity index (χ2n) is 12.5. The van der Waals surface area contributed by atoms with Crippen LogP contribution in [0.4, 0.5) is 0 Å². The Kier molecular flexibility index (Phi) is 6.55. The minimum Gasteiger partial charge on any atom is -0.328 e. The van der Waals surface area contributed by atoms with Crippen molar-refractivity contribution in [3.05, 3.63) is 0 Å². The number of hydrogen-bond donors (Lipinski definition) is 6. The Morgan fingerprint density at radius 3 is 1.12 bits per heavy atom. The summed E-state index contributed by atoms with van der Waals surface area (Å²) < 4.78 is 0. The molecule has 0 aromatic carbocycles. The summed E-state index contributed by atoms with van der Waals surface area (Å²) in [5, 5.41) is 16.1. The van der Waals surface area contributed by atoms with Crippen molar-refractivity contribution in [1.29, 1.82) is 0 Å². The molecule has 182 valence electrons. The second kappa shape index (κ2) is 9.43. The number of nitrogens with one attached hydrogen (secondary N) is 4. The van der Waals surface area contributed by atoms with Crippen LogP contribution in [0.1, 0.15) is 89.9 Å². The zero-order valence-corrected chi connectivity index (χ0v) is 20.0. The van der Waals surface area contributed by atoms with Crippen molar-refractivity contribution in [1.82, 2.24) is 21.3 Å². The number of hydrogen-bond acceptors (Lipinski definition) is 6. The van der Waals surface area contributed by atoms with E-state index in [1.54, 1.807) is 0 Å². The van der Waals surface area contributed by atoms with Gasteiger partial charge in [-0.2, -0.15) is 0 Å². The molecule has 0 aromatic heterocycles. The quantitative estimate of drug-likeness (QED) is 0.399. The summed E-state index contributed by atoms with van der Waals surface area (Å²) in [7, 11) is 0. The van der Waals surface area contributed by atoms with Crippen molar-refractivity contribution in [2.24, 2.45) is 35.1 Å². The van der Waals surface area contributed by atoms with E-state index in [1.165, 1.54) is 89.9 Å². The minimum absolute atomic E-state index is 0.448. The molecule has 6 aliphatic rings. The van der Waals surface area contributed by atoms with Crippen molar-refractivity contribution in [3.8, 4) is 0 Å². The fourth-order valence-corrected chi connectivity index (χ4v) is 8.55. The summed E-state index contributed by atoms with van der Waals surface area (Å²) in [6.45, 7) is 0. The van der Waals surface area contributed by atoms with Crippen LogP contribution in [0.3, 0.4) is 0 Å². The number of fused-ring (bicyclic) bond motifs is 2. The normalized spacial score (nSPS) is 54.2. The molecule has 2 aliphatic heterocycles. The van der Waals surface area contributed by atoms with E-state index in [0.29, 0.717) is 48.6 Å². The van der Waals surface area contributed by atoms with E-state index in [2.05, 4.69) is 21.3 Å². The van der Waals surface area contributed by atoms with Gasteiger partial charge in [-0.15, -0.1) is 0 Å². The zero-order valence-electron chi connectivity index (χ0n) is 20.0. The largest absolute Gasteiger partial charge is 0.328 e. The van der Waals surface area contributed by atoms with Crippen LogP contribution < -0.4 is 32.7 Å². The fourth-order valence-electron chi connectivity index (χ4n) is 8.55. The molecule has 8 unspecified atom stereocenters. The molecule has 6 heteroatoms. The van der Waals surface area contributed by atoms with E-state index in [1.807, 2.05) is 0 Å². The van der Waals surface area contributed by atoms with E-state index in [0.717, 1.165) is 23.7 Å². The van der Waals surface area contributed by atoms with Crippen LogP contribution in [0.25, 0.3) is 0 Å². The topological polar surface area (TPSA) is 100 Å². The Labute approximate surface area is 195 Å². The molecule has 0 spiro atoms. The molecule has 6 rings (SSSR count). The lowest BCUT2D eigenvalue weighted by atomic mass is 9.69. The van der Waals surface area contributed by atoms with E-state index in [-0.39, 0.29) is 0 Å². The highest BCUT2D eigenvalue weighted by molar-refractivity contribution is 5.04. The standard InChI is InChI=1S/C26H48N6/c27-19-7-1-15(2-8-19)25-29-21-11-5-17(13-23(21)31-25)18-6-12-22-24(14-18)32-26(30-22)16-3-9-20(28)10-4-16/h15-26,29-32H,1-14,27-28H2. The SMILES string of the molecule is NC1CCC(C2NC3CCC(C4CCC5NC(C6CCC(N)CC6)NC5C4)CC3N2)CC1. The molecule has 8 N–H and O–H groups in total. The summed E-state index contributed by atoms with van der Waals surface area (Å²) in [5.74, 6) is 3.40. The fraction of sp³-hybridized carbons (Fsp3) is 1.00. The summed E-state index contributed by atoms with van der Waals surface area (Å²) in [5.41, 5.74) is 12.3. The highest BCUT2D eigenvalue weighted by Gasteiger charge is 2.46. The van der Waals surface area contributed by atoms with Gasteiger partial charge in [0.1, 0.15) is 0 Å². The summed E-state index contributed by atoms with van der Waals surface area (Å²) in [4.78, 5) is 0. The van der Waals surface area contributed by atoms with Gasteiger partial charge in [0.25, 0.3) is 0 Å². The number of rotatable bonds is 3. The van der Waals surface area contributed by atoms with Crippen LogP contribution in [0.15, 0.2) is 0 Å². The molecular weight excluding hydrogens is 396 g/mol. The van der Waals surface area contributed by atoms with Crippen LogP contribution in [-0.4, -0.2) is 48.6 Å². The summed E-state index contributed by atoms with van der Waals surface area (Å²) in [6, 6.07) is 3.70. The monoisotopic (exact) mass is 444 g/mol. The van der Waals surface area contributed by atoms with Crippen molar-refractivity contribution < 1.29 is 0 Å². The van der Waals surface area contributed by atoms with Crippen molar-refractivity contribution in [2.45, 2.75) is 138 Å². The maximum atomic E-state index is 6.15. The maximum Gasteiger partial charge on any atom is 0.0606 e. The second-order valence-corrected chi connectivity index (χ2v) is 12.5. The molecule has 0 radical (unpaired) electrons. The van der Waals surface area contributed by atoms with Gasteiger partial charge >= 0.3 is 0 Å². The van der Waals surface area contributed by atoms with Gasteiger partial charge in [-0.25, -0.2) is 0 Å². The summed E-state index contributed by atoms with van der Waals surface area (Å²) >= 11 is 0. The first-order chi connectivity index (χ1) is 15.6. The zero-order chi connectivity index (χ0) is 21.7. The van der Waals surface area contributed by atoms with Gasteiger partial charge in [-0.05, 0) is 114 Å². The van der Waals surface area contributed by atoms with Crippen LogP contribution in [-0.2, 0) is 0 Å². The Morgan fingerprint density at radius 2 is 0.719 bits per heavy atom. The molecule has 0 aromatic rings. The average Bonchev–Trinajstić information content (AvgIpc) is 3.43. The Hall–Kier alpha value is -0.240. The predicted molar refractivity (Wildman–Crippen MR) is 130 cm³/mol. The van der Waals surface area contributed by atoms with E-state index in [9.17, 15) is 0 Å². The van der Waals surface area contributed by atoms with Crippen LogP contribution in [0.2, 0.25) is 0 Å². The molecule has 4 saturated carbocycles. The molecule has 8 atom stereocenters. The van der Waals surface area contributed by atoms with Gasteiger partial charge < -0.3 is 11.5 Å². The molecule has 4 aliphatic carbocycles. The third-order valence-corrected chi connectivity index (χ3v) is 10.6. The third kappa shape index (κ3) is 4.52. The van der Waals surface area contributed by atoms with Gasteiger partial charge in [0, 0.05) is 36.3 Å². The molecule has 6 fully saturated rings. The van der Waals surface area contributed by atoms with Crippen LogP contribution >= 0.6 is 0 Å². The van der Waals surface area contributed by atoms with Gasteiger partial charge in [0.05, 0.1) is 12.3 Å². The molecule has 2 saturated heterocycles. The smallest absolute Gasteiger partial charge is 0.0606 e. The Balaban J connectivity index is 1.00. The molecular formula is C26H48N6. The van der Waals surface area contributed by atoms with Gasteiger partial charge in [0.2, 0.25) is 0 Å². The first-order valence-corrected chi connectivity index (χ1v) is 14.2. The molecule has 6 nitrogen and oxygen atoms in total. The van der Waals surface area contributed by atoms with Gasteiger partial charge in [-0.3, -0.25) is 21.3 Å². The highest BCUT2D eigenvalue weighted by atomic mass is 15.3. The summed E-state index contributed by atoms with van der Waals surface area (Å²) in [6.07, 6.45) is 19.5. The lowest BCUT2D eigenvalue weighted by Gasteiger charge is -2.40. The van der Waals surface area contributed by atoms with Crippen LogP contribution in [0.5, 0.6) is 0 Å². The molecule has 0 bridgehead atoms. The van der Waals surface area contributed by atoms with Gasteiger partial charge in [-0.1, -0.05) is 0 Å².